The van der Waals surface area contributed by atoms with Gasteiger partial charge in [-0.05, 0) is 26.2 Å². The Bertz CT molecular complexity index is 141. The summed E-state index contributed by atoms with van der Waals surface area (Å²) in [5.41, 5.74) is 6.15. The van der Waals surface area contributed by atoms with Crippen molar-refractivity contribution in [2.45, 2.75) is 64.0 Å². The van der Waals surface area contributed by atoms with Crippen molar-refractivity contribution in [1.29, 1.82) is 0 Å². The summed E-state index contributed by atoms with van der Waals surface area (Å²) in [5, 5.41) is 3.52. The van der Waals surface area contributed by atoms with E-state index in [1.165, 1.54) is 38.5 Å². The minimum atomic E-state index is 0.166. The van der Waals surface area contributed by atoms with E-state index in [2.05, 4.69) is 19.2 Å². The van der Waals surface area contributed by atoms with Gasteiger partial charge in [0.15, 0.2) is 0 Å². The molecule has 1 rings (SSSR count). The van der Waals surface area contributed by atoms with Gasteiger partial charge < -0.3 is 11.1 Å². The zero-order valence-electron chi connectivity index (χ0n) is 9.10. The summed E-state index contributed by atoms with van der Waals surface area (Å²) in [6, 6.07) is 0.646. The first-order chi connectivity index (χ1) is 6.16. The molecule has 0 heterocycles. The van der Waals surface area contributed by atoms with Gasteiger partial charge in [0.1, 0.15) is 0 Å². The van der Waals surface area contributed by atoms with E-state index in [9.17, 15) is 0 Å². The summed E-state index contributed by atoms with van der Waals surface area (Å²) in [7, 11) is 0. The normalized spacial score (nSPS) is 21.5. The first kappa shape index (κ1) is 11.0. The molecule has 2 nitrogen and oxygen atoms in total. The van der Waals surface area contributed by atoms with Gasteiger partial charge in [-0.15, -0.1) is 0 Å². The lowest BCUT2D eigenvalue weighted by Gasteiger charge is -2.16. The van der Waals surface area contributed by atoms with Gasteiger partial charge >= 0.3 is 0 Å². The number of rotatable bonds is 7. The largest absolute Gasteiger partial charge is 0.324 e. The lowest BCUT2D eigenvalue weighted by atomic mass is 10.1. The van der Waals surface area contributed by atoms with Crippen molar-refractivity contribution in [3.05, 3.63) is 0 Å². The molecule has 0 saturated heterocycles. The number of nitrogens with two attached hydrogens (primary N) is 1. The molecule has 0 aromatic rings. The molecule has 0 aromatic carbocycles. The smallest absolute Gasteiger partial charge is 0.0282 e. The zero-order valence-corrected chi connectivity index (χ0v) is 9.10. The molecule has 13 heavy (non-hydrogen) atoms. The van der Waals surface area contributed by atoms with Crippen LogP contribution in [0.25, 0.3) is 0 Å². The third-order valence-electron chi connectivity index (χ3n) is 2.94. The summed E-state index contributed by atoms with van der Waals surface area (Å²) in [6.45, 7) is 5.53. The molecule has 0 bridgehead atoms. The molecule has 2 heteroatoms. The summed E-state index contributed by atoms with van der Waals surface area (Å²) in [4.78, 5) is 0. The number of nitrogens with one attached hydrogen (secondary N) is 1. The van der Waals surface area contributed by atoms with Gasteiger partial charge in [-0.1, -0.05) is 26.2 Å². The molecule has 1 atom stereocenters. The number of unbranched alkanes of at least 4 members (excludes halogenated alkanes) is 2. The molecule has 78 valence electrons. The molecular weight excluding hydrogens is 160 g/mol. The third kappa shape index (κ3) is 4.63. The molecule has 1 saturated carbocycles. The second kappa shape index (κ2) is 4.97. The highest BCUT2D eigenvalue weighted by Gasteiger charge is 2.37. The predicted molar refractivity (Wildman–Crippen MR) is 57.8 cm³/mol. The minimum Gasteiger partial charge on any atom is -0.324 e. The van der Waals surface area contributed by atoms with Crippen LogP contribution >= 0.6 is 0 Å². The van der Waals surface area contributed by atoms with Crippen LogP contribution in [0.5, 0.6) is 0 Å². The van der Waals surface area contributed by atoms with Crippen LogP contribution in [0.15, 0.2) is 0 Å². The SMILES string of the molecule is CCCCCC(C)NCC1(N)CC1. The lowest BCUT2D eigenvalue weighted by Crippen LogP contribution is -2.40. The van der Waals surface area contributed by atoms with Gasteiger partial charge in [-0.2, -0.15) is 0 Å². The van der Waals surface area contributed by atoms with Crippen LogP contribution in [0.1, 0.15) is 52.4 Å². The van der Waals surface area contributed by atoms with Gasteiger partial charge in [0.05, 0.1) is 0 Å². The summed E-state index contributed by atoms with van der Waals surface area (Å²) >= 11 is 0. The maximum atomic E-state index is 5.99. The predicted octanol–water partition coefficient (Wildman–Crippen LogP) is 2.04. The minimum absolute atomic E-state index is 0.166. The first-order valence-electron chi connectivity index (χ1n) is 5.68. The molecule has 1 fully saturated rings. The van der Waals surface area contributed by atoms with E-state index in [4.69, 9.17) is 5.73 Å². The van der Waals surface area contributed by atoms with Crippen LogP contribution in [-0.4, -0.2) is 18.1 Å². The van der Waals surface area contributed by atoms with Gasteiger partial charge in [0.25, 0.3) is 0 Å². The fraction of sp³-hybridized carbons (Fsp3) is 1.00. The Hall–Kier alpha value is -0.0800. The Morgan fingerprint density at radius 3 is 2.62 bits per heavy atom. The summed E-state index contributed by atoms with van der Waals surface area (Å²) in [5.74, 6) is 0. The van der Waals surface area contributed by atoms with E-state index in [0.717, 1.165) is 6.54 Å². The van der Waals surface area contributed by atoms with Crippen molar-refractivity contribution in [2.75, 3.05) is 6.54 Å². The third-order valence-corrected chi connectivity index (χ3v) is 2.94. The van der Waals surface area contributed by atoms with Crippen LogP contribution < -0.4 is 11.1 Å². The van der Waals surface area contributed by atoms with Crippen LogP contribution in [0.4, 0.5) is 0 Å². The molecule has 0 aliphatic heterocycles. The number of hydrogen-bond acceptors (Lipinski definition) is 2. The Morgan fingerprint density at radius 2 is 2.08 bits per heavy atom. The number of hydrogen-bond donors (Lipinski definition) is 2. The van der Waals surface area contributed by atoms with Gasteiger partial charge in [0, 0.05) is 18.1 Å². The van der Waals surface area contributed by atoms with Gasteiger partial charge in [0.2, 0.25) is 0 Å². The Labute approximate surface area is 82.3 Å². The molecule has 0 radical (unpaired) electrons. The Balaban J connectivity index is 1.94. The van der Waals surface area contributed by atoms with E-state index >= 15 is 0 Å². The van der Waals surface area contributed by atoms with Crippen LogP contribution in [0.3, 0.4) is 0 Å². The molecule has 3 N–H and O–H groups in total. The van der Waals surface area contributed by atoms with Crippen molar-refractivity contribution in [1.82, 2.24) is 5.32 Å². The van der Waals surface area contributed by atoms with Crippen molar-refractivity contribution in [3.8, 4) is 0 Å². The van der Waals surface area contributed by atoms with Crippen LogP contribution in [0.2, 0.25) is 0 Å². The van der Waals surface area contributed by atoms with Gasteiger partial charge in [-0.25, -0.2) is 0 Å². The van der Waals surface area contributed by atoms with Crippen molar-refractivity contribution in [2.24, 2.45) is 5.73 Å². The summed E-state index contributed by atoms with van der Waals surface area (Å²) in [6.07, 6.45) is 7.74. The Morgan fingerprint density at radius 1 is 1.38 bits per heavy atom. The molecule has 0 spiro atoms. The molecule has 0 aromatic heterocycles. The zero-order chi connectivity index (χ0) is 9.73. The van der Waals surface area contributed by atoms with E-state index < -0.39 is 0 Å². The van der Waals surface area contributed by atoms with E-state index in [0.29, 0.717) is 6.04 Å². The highest BCUT2D eigenvalue weighted by Crippen LogP contribution is 2.31. The molecule has 1 aliphatic rings. The molecule has 1 aliphatic carbocycles. The van der Waals surface area contributed by atoms with E-state index in [1.54, 1.807) is 0 Å². The monoisotopic (exact) mass is 184 g/mol. The van der Waals surface area contributed by atoms with Gasteiger partial charge in [-0.3, -0.25) is 0 Å². The summed E-state index contributed by atoms with van der Waals surface area (Å²) < 4.78 is 0. The van der Waals surface area contributed by atoms with E-state index in [1.807, 2.05) is 0 Å². The van der Waals surface area contributed by atoms with Crippen molar-refractivity contribution < 1.29 is 0 Å². The van der Waals surface area contributed by atoms with Crippen LogP contribution in [-0.2, 0) is 0 Å². The fourth-order valence-corrected chi connectivity index (χ4v) is 1.52. The highest BCUT2D eigenvalue weighted by molar-refractivity contribution is 5.00. The quantitative estimate of drug-likeness (QED) is 0.594. The maximum Gasteiger partial charge on any atom is 0.0282 e. The highest BCUT2D eigenvalue weighted by atomic mass is 15.0. The maximum absolute atomic E-state index is 5.99. The molecular formula is C11H24N2. The second-order valence-corrected chi connectivity index (χ2v) is 4.64. The lowest BCUT2D eigenvalue weighted by molar-refractivity contribution is 0.456. The van der Waals surface area contributed by atoms with Crippen molar-refractivity contribution >= 4 is 0 Å². The van der Waals surface area contributed by atoms with Crippen LogP contribution in [0, 0.1) is 0 Å². The topological polar surface area (TPSA) is 38.0 Å². The average molecular weight is 184 g/mol. The van der Waals surface area contributed by atoms with Crippen molar-refractivity contribution in [3.63, 3.8) is 0 Å². The molecule has 0 amide bonds. The second-order valence-electron chi connectivity index (χ2n) is 4.64. The van der Waals surface area contributed by atoms with E-state index in [-0.39, 0.29) is 5.54 Å². The standard InChI is InChI=1S/C11H24N2/c1-3-4-5-6-10(2)13-9-11(12)7-8-11/h10,13H,3-9,12H2,1-2H3. The molecule has 1 unspecified atom stereocenters. The average Bonchev–Trinajstić information content (AvgIpc) is 2.82. The fourth-order valence-electron chi connectivity index (χ4n) is 1.52. The first-order valence-corrected chi connectivity index (χ1v) is 5.68. The Kier molecular flexibility index (Phi) is 4.20.